The van der Waals surface area contributed by atoms with Gasteiger partial charge >= 0.3 is 0 Å². The Labute approximate surface area is 117 Å². The van der Waals surface area contributed by atoms with Crippen molar-refractivity contribution in [1.82, 2.24) is 5.32 Å². The molecule has 0 radical (unpaired) electrons. The van der Waals surface area contributed by atoms with Crippen LogP contribution >= 0.6 is 0 Å². The van der Waals surface area contributed by atoms with Gasteiger partial charge in [-0.05, 0) is 35.8 Å². The SMILES string of the molecule is COCc1ccccc1CNC1C(C)CCCC1C. The summed E-state index contributed by atoms with van der Waals surface area (Å²) in [6, 6.07) is 9.23. The zero-order valence-corrected chi connectivity index (χ0v) is 12.5. The van der Waals surface area contributed by atoms with Crippen molar-refractivity contribution in [3.05, 3.63) is 35.4 Å². The molecule has 0 aromatic heterocycles. The maximum atomic E-state index is 5.27. The van der Waals surface area contributed by atoms with E-state index in [1.165, 1.54) is 30.4 Å². The fourth-order valence-electron chi connectivity index (χ4n) is 3.34. The van der Waals surface area contributed by atoms with Gasteiger partial charge in [0.15, 0.2) is 0 Å². The summed E-state index contributed by atoms with van der Waals surface area (Å²) in [5.41, 5.74) is 2.67. The molecule has 0 amide bonds. The van der Waals surface area contributed by atoms with E-state index in [2.05, 4.69) is 43.4 Å². The van der Waals surface area contributed by atoms with Crippen molar-refractivity contribution in [2.24, 2.45) is 11.8 Å². The van der Waals surface area contributed by atoms with Crippen molar-refractivity contribution in [3.63, 3.8) is 0 Å². The summed E-state index contributed by atoms with van der Waals surface area (Å²) >= 11 is 0. The van der Waals surface area contributed by atoms with Gasteiger partial charge in [0.05, 0.1) is 6.61 Å². The summed E-state index contributed by atoms with van der Waals surface area (Å²) in [6.07, 6.45) is 4.12. The first-order valence-electron chi connectivity index (χ1n) is 7.51. The molecule has 1 saturated carbocycles. The Morgan fingerprint density at radius 3 is 2.37 bits per heavy atom. The van der Waals surface area contributed by atoms with Crippen LogP contribution in [0.15, 0.2) is 24.3 Å². The normalized spacial score (nSPS) is 27.4. The third kappa shape index (κ3) is 3.80. The number of nitrogens with one attached hydrogen (secondary N) is 1. The monoisotopic (exact) mass is 261 g/mol. The number of rotatable bonds is 5. The molecule has 0 bridgehead atoms. The van der Waals surface area contributed by atoms with Crippen LogP contribution in [0.25, 0.3) is 0 Å². The highest BCUT2D eigenvalue weighted by Gasteiger charge is 2.27. The minimum Gasteiger partial charge on any atom is -0.380 e. The average molecular weight is 261 g/mol. The van der Waals surface area contributed by atoms with Crippen LogP contribution in [0.3, 0.4) is 0 Å². The first kappa shape index (κ1) is 14.5. The molecule has 1 aromatic carbocycles. The van der Waals surface area contributed by atoms with Gasteiger partial charge in [-0.3, -0.25) is 0 Å². The Morgan fingerprint density at radius 2 is 1.74 bits per heavy atom. The molecule has 1 fully saturated rings. The highest BCUT2D eigenvalue weighted by Crippen LogP contribution is 2.29. The molecule has 19 heavy (non-hydrogen) atoms. The van der Waals surface area contributed by atoms with Gasteiger partial charge < -0.3 is 10.1 Å². The van der Waals surface area contributed by atoms with Gasteiger partial charge in [-0.2, -0.15) is 0 Å². The van der Waals surface area contributed by atoms with Gasteiger partial charge in [0.1, 0.15) is 0 Å². The Hall–Kier alpha value is -0.860. The molecular formula is C17H27NO. The largest absolute Gasteiger partial charge is 0.380 e. The average Bonchev–Trinajstić information content (AvgIpc) is 2.40. The van der Waals surface area contributed by atoms with Gasteiger partial charge in [-0.25, -0.2) is 0 Å². The second kappa shape index (κ2) is 7.06. The first-order valence-corrected chi connectivity index (χ1v) is 7.51. The van der Waals surface area contributed by atoms with Gasteiger partial charge in [0.2, 0.25) is 0 Å². The summed E-state index contributed by atoms with van der Waals surface area (Å²) < 4.78 is 5.27. The van der Waals surface area contributed by atoms with E-state index in [-0.39, 0.29) is 0 Å². The van der Waals surface area contributed by atoms with Crippen molar-refractivity contribution in [1.29, 1.82) is 0 Å². The van der Waals surface area contributed by atoms with Crippen LogP contribution in [-0.4, -0.2) is 13.2 Å². The quantitative estimate of drug-likeness (QED) is 0.871. The van der Waals surface area contributed by atoms with E-state index in [4.69, 9.17) is 4.74 Å². The Balaban J connectivity index is 1.97. The van der Waals surface area contributed by atoms with Gasteiger partial charge in [0.25, 0.3) is 0 Å². The lowest BCUT2D eigenvalue weighted by molar-refractivity contribution is 0.182. The lowest BCUT2D eigenvalue weighted by atomic mass is 9.78. The summed E-state index contributed by atoms with van der Waals surface area (Å²) in [7, 11) is 1.76. The van der Waals surface area contributed by atoms with E-state index < -0.39 is 0 Å². The van der Waals surface area contributed by atoms with Crippen molar-refractivity contribution < 1.29 is 4.74 Å². The van der Waals surface area contributed by atoms with E-state index in [9.17, 15) is 0 Å². The van der Waals surface area contributed by atoms with Gasteiger partial charge in [-0.1, -0.05) is 44.5 Å². The van der Waals surface area contributed by atoms with E-state index >= 15 is 0 Å². The number of hydrogen-bond acceptors (Lipinski definition) is 2. The second-order valence-corrected chi connectivity index (χ2v) is 5.99. The van der Waals surface area contributed by atoms with E-state index in [1.54, 1.807) is 7.11 Å². The zero-order valence-electron chi connectivity index (χ0n) is 12.5. The molecule has 2 atom stereocenters. The molecule has 2 unspecified atom stereocenters. The maximum Gasteiger partial charge on any atom is 0.0716 e. The highest BCUT2D eigenvalue weighted by molar-refractivity contribution is 5.26. The predicted octanol–water partition coefficient (Wildman–Crippen LogP) is 3.75. The number of hydrogen-bond donors (Lipinski definition) is 1. The third-order valence-electron chi connectivity index (χ3n) is 4.49. The number of methoxy groups -OCH3 is 1. The van der Waals surface area contributed by atoms with Crippen LogP contribution in [-0.2, 0) is 17.9 Å². The second-order valence-electron chi connectivity index (χ2n) is 5.99. The topological polar surface area (TPSA) is 21.3 Å². The predicted molar refractivity (Wildman–Crippen MR) is 80.0 cm³/mol. The Bertz CT molecular complexity index is 381. The molecule has 1 N–H and O–H groups in total. The van der Waals surface area contributed by atoms with Crippen molar-refractivity contribution in [3.8, 4) is 0 Å². The summed E-state index contributed by atoms with van der Waals surface area (Å²) in [6.45, 7) is 6.43. The molecule has 106 valence electrons. The third-order valence-corrected chi connectivity index (χ3v) is 4.49. The fourth-order valence-corrected chi connectivity index (χ4v) is 3.34. The van der Waals surface area contributed by atoms with Crippen LogP contribution in [0.4, 0.5) is 0 Å². The van der Waals surface area contributed by atoms with Gasteiger partial charge in [-0.15, -0.1) is 0 Å². The van der Waals surface area contributed by atoms with Crippen LogP contribution in [0.5, 0.6) is 0 Å². The van der Waals surface area contributed by atoms with Crippen LogP contribution in [0.2, 0.25) is 0 Å². The standard InChI is InChI=1S/C17H27NO/c1-13-7-6-8-14(2)17(13)18-11-15-9-4-5-10-16(15)12-19-3/h4-5,9-10,13-14,17-18H,6-8,11-12H2,1-3H3. The molecule has 0 heterocycles. The van der Waals surface area contributed by atoms with Crippen molar-refractivity contribution >= 4 is 0 Å². The van der Waals surface area contributed by atoms with E-state index in [1.807, 2.05) is 0 Å². The molecule has 2 rings (SSSR count). The summed E-state index contributed by atoms with van der Waals surface area (Å²) in [5.74, 6) is 1.58. The lowest BCUT2D eigenvalue weighted by Crippen LogP contribution is -2.42. The van der Waals surface area contributed by atoms with E-state index in [0.717, 1.165) is 18.4 Å². The molecule has 2 heteroatoms. The summed E-state index contributed by atoms with van der Waals surface area (Å²) in [4.78, 5) is 0. The van der Waals surface area contributed by atoms with Crippen LogP contribution < -0.4 is 5.32 Å². The number of benzene rings is 1. The molecule has 0 saturated heterocycles. The molecule has 0 aliphatic heterocycles. The molecule has 1 aliphatic rings. The lowest BCUT2D eigenvalue weighted by Gasteiger charge is -2.35. The van der Waals surface area contributed by atoms with Gasteiger partial charge in [0, 0.05) is 19.7 Å². The van der Waals surface area contributed by atoms with E-state index in [0.29, 0.717) is 12.6 Å². The minimum atomic E-state index is 0.657. The first-order chi connectivity index (χ1) is 9.22. The smallest absolute Gasteiger partial charge is 0.0716 e. The van der Waals surface area contributed by atoms with Crippen molar-refractivity contribution in [2.75, 3.05) is 7.11 Å². The van der Waals surface area contributed by atoms with Crippen LogP contribution in [0.1, 0.15) is 44.2 Å². The molecule has 0 spiro atoms. The minimum absolute atomic E-state index is 0.657. The Morgan fingerprint density at radius 1 is 1.11 bits per heavy atom. The zero-order chi connectivity index (χ0) is 13.7. The summed E-state index contributed by atoms with van der Waals surface area (Å²) in [5, 5.41) is 3.78. The highest BCUT2D eigenvalue weighted by atomic mass is 16.5. The molecule has 1 aromatic rings. The molecular weight excluding hydrogens is 234 g/mol. The van der Waals surface area contributed by atoms with Crippen LogP contribution in [0, 0.1) is 11.8 Å². The molecule has 2 nitrogen and oxygen atoms in total. The Kier molecular flexibility index (Phi) is 5.41. The van der Waals surface area contributed by atoms with Crippen molar-refractivity contribution in [2.45, 2.75) is 52.3 Å². The fraction of sp³-hybridized carbons (Fsp3) is 0.647. The number of ether oxygens (including phenoxy) is 1. The maximum absolute atomic E-state index is 5.27. The molecule has 1 aliphatic carbocycles.